The average Bonchev–Trinajstić information content (AvgIpc) is 3.07. The maximum Gasteiger partial charge on any atom is 0.150 e. The molecule has 0 amide bonds. The minimum absolute atomic E-state index is 0.0794. The smallest absolute Gasteiger partial charge is 0.150 e. The minimum atomic E-state index is -0.367. The highest BCUT2D eigenvalue weighted by molar-refractivity contribution is 5.21. The fraction of sp³-hybridized carbons (Fsp3) is 0.467. The van der Waals surface area contributed by atoms with Gasteiger partial charge in [-0.1, -0.05) is 19.1 Å². The van der Waals surface area contributed by atoms with Crippen molar-refractivity contribution < 1.29 is 9.50 Å². The number of β-amino-alcohol motifs (C(OH)–C–C–N with tert-alkyl or cyclic N) is 1. The molecule has 1 aromatic carbocycles. The van der Waals surface area contributed by atoms with Gasteiger partial charge in [-0.15, -0.1) is 0 Å². The number of hydrogen-bond donors (Lipinski definition) is 2. The van der Waals surface area contributed by atoms with Crippen molar-refractivity contribution in [3.8, 4) is 0 Å². The van der Waals surface area contributed by atoms with Gasteiger partial charge in [-0.25, -0.2) is 9.37 Å². The summed E-state index contributed by atoms with van der Waals surface area (Å²) in [4.78, 5) is 6.56. The lowest BCUT2D eigenvalue weighted by Gasteiger charge is -2.23. The van der Waals surface area contributed by atoms with E-state index in [9.17, 15) is 9.50 Å². The summed E-state index contributed by atoms with van der Waals surface area (Å²) in [5, 5.41) is 17.0. The molecule has 0 spiro atoms. The first-order chi connectivity index (χ1) is 10.2. The van der Waals surface area contributed by atoms with Gasteiger partial charge in [0.05, 0.1) is 12.6 Å². The van der Waals surface area contributed by atoms with E-state index in [1.165, 1.54) is 12.1 Å². The Labute approximate surface area is 122 Å². The third kappa shape index (κ3) is 3.11. The Hall–Kier alpha value is -1.79. The molecule has 2 aromatic rings. The van der Waals surface area contributed by atoms with Gasteiger partial charge in [-0.3, -0.25) is 10.00 Å². The third-order valence-electron chi connectivity index (χ3n) is 3.88. The van der Waals surface area contributed by atoms with E-state index in [2.05, 4.69) is 20.1 Å². The van der Waals surface area contributed by atoms with Crippen LogP contribution in [-0.4, -0.2) is 37.8 Å². The molecule has 0 saturated carbocycles. The van der Waals surface area contributed by atoms with E-state index in [1.54, 1.807) is 12.1 Å². The molecular formula is C15H19FN4O. The molecule has 1 aromatic heterocycles. The number of H-pyrrole nitrogens is 1. The molecule has 1 fully saturated rings. The molecule has 0 unspecified atom stereocenters. The number of benzene rings is 1. The predicted octanol–water partition coefficient (Wildman–Crippen LogP) is 1.81. The highest BCUT2D eigenvalue weighted by Crippen LogP contribution is 2.33. The van der Waals surface area contributed by atoms with Crippen LogP contribution in [0.5, 0.6) is 0 Å². The predicted molar refractivity (Wildman–Crippen MR) is 75.9 cm³/mol. The number of hydrogen-bond acceptors (Lipinski definition) is 4. The Morgan fingerprint density at radius 1 is 1.38 bits per heavy atom. The summed E-state index contributed by atoms with van der Waals surface area (Å²) in [5.41, 5.74) is 1.02. The van der Waals surface area contributed by atoms with Crippen molar-refractivity contribution in [1.82, 2.24) is 20.1 Å². The Balaban J connectivity index is 1.77. The summed E-state index contributed by atoms with van der Waals surface area (Å²) >= 11 is 0. The van der Waals surface area contributed by atoms with E-state index >= 15 is 0 Å². The van der Waals surface area contributed by atoms with Gasteiger partial charge in [-0.05, 0) is 24.1 Å². The lowest BCUT2D eigenvalue weighted by atomic mass is 10.0. The van der Waals surface area contributed by atoms with E-state index < -0.39 is 0 Å². The molecule has 6 heteroatoms. The summed E-state index contributed by atoms with van der Waals surface area (Å²) in [6.45, 7) is 3.20. The first kappa shape index (κ1) is 14.2. The number of halogens is 1. The maximum atomic E-state index is 13.0. The van der Waals surface area contributed by atoms with Crippen molar-refractivity contribution in [3.05, 3.63) is 47.3 Å². The molecule has 1 saturated heterocycles. The lowest BCUT2D eigenvalue weighted by Crippen LogP contribution is -2.25. The van der Waals surface area contributed by atoms with Crippen LogP contribution in [0.3, 0.4) is 0 Å². The minimum Gasteiger partial charge on any atom is -0.392 e. The van der Waals surface area contributed by atoms with Gasteiger partial charge in [0.1, 0.15) is 17.5 Å². The van der Waals surface area contributed by atoms with E-state index in [-0.39, 0.29) is 18.0 Å². The molecule has 0 radical (unpaired) electrons. The second kappa shape index (κ2) is 5.91. The zero-order valence-corrected chi connectivity index (χ0v) is 12.0. The van der Waals surface area contributed by atoms with Crippen LogP contribution in [0.2, 0.25) is 0 Å². The van der Waals surface area contributed by atoms with Crippen LogP contribution in [0.25, 0.3) is 0 Å². The topological polar surface area (TPSA) is 65.0 Å². The normalized spacial score (nSPS) is 22.8. The summed E-state index contributed by atoms with van der Waals surface area (Å²) in [6, 6.07) is 6.56. The number of aromatic nitrogens is 3. The molecule has 5 nitrogen and oxygen atoms in total. The molecule has 1 aliphatic heterocycles. The van der Waals surface area contributed by atoms with Crippen LogP contribution in [-0.2, 0) is 13.0 Å². The van der Waals surface area contributed by atoms with Crippen molar-refractivity contribution in [2.45, 2.75) is 38.5 Å². The third-order valence-corrected chi connectivity index (χ3v) is 3.88. The molecule has 112 valence electrons. The van der Waals surface area contributed by atoms with Gasteiger partial charge < -0.3 is 5.11 Å². The van der Waals surface area contributed by atoms with Gasteiger partial charge in [0.15, 0.2) is 0 Å². The Morgan fingerprint density at radius 3 is 2.81 bits per heavy atom. The number of aliphatic hydroxyl groups excluding tert-OH is 1. The van der Waals surface area contributed by atoms with Crippen LogP contribution in [0.15, 0.2) is 24.3 Å². The summed E-state index contributed by atoms with van der Waals surface area (Å²) in [6.07, 6.45) is 1.08. The Kier molecular flexibility index (Phi) is 3.98. The number of aromatic amines is 1. The Morgan fingerprint density at radius 2 is 2.14 bits per heavy atom. The van der Waals surface area contributed by atoms with Crippen LogP contribution in [0.4, 0.5) is 4.39 Å². The highest BCUT2D eigenvalue weighted by atomic mass is 19.1. The van der Waals surface area contributed by atoms with Crippen molar-refractivity contribution in [1.29, 1.82) is 0 Å². The summed E-state index contributed by atoms with van der Waals surface area (Å²) < 4.78 is 13.0. The zero-order valence-electron chi connectivity index (χ0n) is 12.0. The number of aliphatic hydroxyl groups is 1. The number of rotatable bonds is 4. The van der Waals surface area contributed by atoms with Crippen molar-refractivity contribution in [2.24, 2.45) is 0 Å². The van der Waals surface area contributed by atoms with Gasteiger partial charge in [0.2, 0.25) is 0 Å². The van der Waals surface area contributed by atoms with Gasteiger partial charge >= 0.3 is 0 Å². The molecule has 3 rings (SSSR count). The highest BCUT2D eigenvalue weighted by Gasteiger charge is 2.32. The fourth-order valence-corrected chi connectivity index (χ4v) is 2.84. The van der Waals surface area contributed by atoms with Gasteiger partial charge in [0, 0.05) is 19.0 Å². The van der Waals surface area contributed by atoms with Crippen molar-refractivity contribution >= 4 is 0 Å². The van der Waals surface area contributed by atoms with E-state index in [0.29, 0.717) is 19.5 Å². The largest absolute Gasteiger partial charge is 0.392 e. The SMILES string of the molecule is CCc1n[nH]c(CN2C[C@H](O)C[C@@H]2c2ccc(F)cc2)n1. The maximum absolute atomic E-state index is 13.0. The number of likely N-dealkylation sites (tertiary alicyclic amines) is 1. The molecule has 2 N–H and O–H groups in total. The molecule has 1 aliphatic rings. The number of nitrogens with zero attached hydrogens (tertiary/aromatic N) is 3. The number of aryl methyl sites for hydroxylation is 1. The van der Waals surface area contributed by atoms with E-state index in [0.717, 1.165) is 23.6 Å². The lowest BCUT2D eigenvalue weighted by molar-refractivity contribution is 0.171. The molecule has 0 bridgehead atoms. The summed E-state index contributed by atoms with van der Waals surface area (Å²) in [5.74, 6) is 1.35. The van der Waals surface area contributed by atoms with Gasteiger partial charge in [-0.2, -0.15) is 5.10 Å². The van der Waals surface area contributed by atoms with Crippen LogP contribution in [0.1, 0.15) is 36.6 Å². The van der Waals surface area contributed by atoms with Crippen LogP contribution < -0.4 is 0 Å². The van der Waals surface area contributed by atoms with E-state index in [1.807, 2.05) is 6.92 Å². The van der Waals surface area contributed by atoms with Crippen LogP contribution in [0, 0.1) is 5.82 Å². The number of nitrogens with one attached hydrogen (secondary N) is 1. The average molecular weight is 290 g/mol. The van der Waals surface area contributed by atoms with Gasteiger partial charge in [0.25, 0.3) is 0 Å². The van der Waals surface area contributed by atoms with E-state index in [4.69, 9.17) is 0 Å². The molecule has 21 heavy (non-hydrogen) atoms. The standard InChI is InChI=1S/C15H19FN4O/c1-2-14-17-15(19-18-14)9-20-8-12(21)7-13(20)10-3-5-11(16)6-4-10/h3-6,12-13,21H,2,7-9H2,1H3,(H,17,18,19)/t12-,13-/m1/s1. The molecule has 0 aliphatic carbocycles. The quantitative estimate of drug-likeness (QED) is 0.901. The molecule has 2 atom stereocenters. The monoisotopic (exact) mass is 290 g/mol. The first-order valence-electron chi connectivity index (χ1n) is 7.23. The first-order valence-corrected chi connectivity index (χ1v) is 7.23. The molecule has 2 heterocycles. The molecular weight excluding hydrogens is 271 g/mol. The second-order valence-corrected chi connectivity index (χ2v) is 5.44. The Bertz CT molecular complexity index is 598. The zero-order chi connectivity index (χ0) is 14.8. The van der Waals surface area contributed by atoms with Crippen LogP contribution >= 0.6 is 0 Å². The second-order valence-electron chi connectivity index (χ2n) is 5.44. The summed E-state index contributed by atoms with van der Waals surface area (Å²) in [7, 11) is 0. The fourth-order valence-electron chi connectivity index (χ4n) is 2.84. The van der Waals surface area contributed by atoms with Crippen molar-refractivity contribution in [2.75, 3.05) is 6.54 Å². The van der Waals surface area contributed by atoms with Crippen molar-refractivity contribution in [3.63, 3.8) is 0 Å².